The van der Waals surface area contributed by atoms with E-state index < -0.39 is 0 Å². The fourth-order valence-corrected chi connectivity index (χ4v) is 0.263. The Morgan fingerprint density at radius 1 is 1.62 bits per heavy atom. The maximum atomic E-state index is 5.02. The van der Waals surface area contributed by atoms with Crippen LogP contribution >= 0.6 is 0 Å². The second-order valence-electron chi connectivity index (χ2n) is 1.39. The summed E-state index contributed by atoms with van der Waals surface area (Å²) >= 11 is 0. The van der Waals surface area contributed by atoms with Gasteiger partial charge in [0.1, 0.15) is 6.23 Å². The van der Waals surface area contributed by atoms with Crippen molar-refractivity contribution in [3.63, 3.8) is 0 Å². The van der Waals surface area contributed by atoms with E-state index in [0.717, 1.165) is 0 Å². The molecule has 0 aliphatic rings. The van der Waals surface area contributed by atoms with Crippen molar-refractivity contribution in [3.8, 4) is 0 Å². The van der Waals surface area contributed by atoms with Crippen molar-refractivity contribution >= 4 is 5.96 Å². The summed E-state index contributed by atoms with van der Waals surface area (Å²) in [5.41, 5.74) is 10.0. The predicted octanol–water partition coefficient (Wildman–Crippen LogP) is -0.748. The Hall–Kier alpha value is -0.770. The first-order valence-electron chi connectivity index (χ1n) is 2.28. The van der Waals surface area contributed by atoms with Crippen molar-refractivity contribution in [2.45, 2.75) is 13.2 Å². The Kier molecular flexibility index (Phi) is 2.95. The molecule has 0 radical (unpaired) electrons. The maximum Gasteiger partial charge on any atom is 0.188 e. The lowest BCUT2D eigenvalue weighted by Gasteiger charge is -2.01. The molecule has 0 rings (SSSR count). The molecule has 4 N–H and O–H groups in total. The summed E-state index contributed by atoms with van der Waals surface area (Å²) < 4.78 is 4.71. The van der Waals surface area contributed by atoms with Gasteiger partial charge in [-0.1, -0.05) is 0 Å². The molecule has 0 aliphatic carbocycles. The fourth-order valence-electron chi connectivity index (χ4n) is 0.263. The van der Waals surface area contributed by atoms with Gasteiger partial charge < -0.3 is 16.2 Å². The van der Waals surface area contributed by atoms with Crippen LogP contribution in [0.4, 0.5) is 0 Å². The first-order chi connectivity index (χ1) is 3.66. The molecule has 0 aromatic rings. The van der Waals surface area contributed by atoms with Crippen LogP contribution in [-0.4, -0.2) is 19.3 Å². The number of nitrogens with two attached hydrogens (primary N) is 2. The lowest BCUT2D eigenvalue weighted by Crippen LogP contribution is -2.25. The number of ether oxygens (including phenoxy) is 1. The first kappa shape index (κ1) is 7.23. The van der Waals surface area contributed by atoms with Gasteiger partial charge in [-0.15, -0.1) is 0 Å². The summed E-state index contributed by atoms with van der Waals surface area (Å²) in [6.45, 7) is 1.75. The Morgan fingerprint density at radius 3 is 2.25 bits per heavy atom. The summed E-state index contributed by atoms with van der Waals surface area (Å²) in [5, 5.41) is 0. The van der Waals surface area contributed by atoms with Crippen LogP contribution in [0, 0.1) is 0 Å². The van der Waals surface area contributed by atoms with Crippen molar-refractivity contribution in [2.75, 3.05) is 7.11 Å². The molecule has 0 aliphatic heterocycles. The number of aliphatic imine (C=N–C) groups is 1. The van der Waals surface area contributed by atoms with Crippen molar-refractivity contribution in [3.05, 3.63) is 0 Å². The highest BCUT2D eigenvalue weighted by molar-refractivity contribution is 5.75. The minimum Gasteiger partial charge on any atom is -0.370 e. The lowest BCUT2D eigenvalue weighted by atomic mass is 10.7. The molecule has 4 nitrogen and oxygen atoms in total. The molecular formula is C4H11N3O. The summed E-state index contributed by atoms with van der Waals surface area (Å²) in [5.74, 6) is 0.0550. The highest BCUT2D eigenvalue weighted by Gasteiger charge is 1.91. The second-order valence-corrected chi connectivity index (χ2v) is 1.39. The summed E-state index contributed by atoms with van der Waals surface area (Å²) in [4.78, 5) is 3.65. The van der Waals surface area contributed by atoms with Gasteiger partial charge in [-0.3, -0.25) is 0 Å². The van der Waals surface area contributed by atoms with Gasteiger partial charge in [-0.05, 0) is 6.92 Å². The lowest BCUT2D eigenvalue weighted by molar-refractivity contribution is 0.126. The molecular weight excluding hydrogens is 106 g/mol. The molecule has 0 amide bonds. The quantitative estimate of drug-likeness (QED) is 0.369. The van der Waals surface area contributed by atoms with Gasteiger partial charge in [0.2, 0.25) is 0 Å². The van der Waals surface area contributed by atoms with E-state index in [1.165, 1.54) is 7.11 Å². The maximum absolute atomic E-state index is 5.02. The standard InChI is InChI=1S/C4H11N3O/c1-3(8-2)7-4(5)6/h3H,1-2H3,(H4,5,6,7). The Balaban J connectivity index is 3.51. The van der Waals surface area contributed by atoms with Crippen LogP contribution in [0.25, 0.3) is 0 Å². The Morgan fingerprint density at radius 2 is 2.12 bits per heavy atom. The Labute approximate surface area is 48.5 Å². The van der Waals surface area contributed by atoms with E-state index in [1.54, 1.807) is 6.92 Å². The van der Waals surface area contributed by atoms with Crippen molar-refractivity contribution in [1.82, 2.24) is 0 Å². The minimum atomic E-state index is -0.236. The molecule has 48 valence electrons. The zero-order valence-electron chi connectivity index (χ0n) is 5.09. The van der Waals surface area contributed by atoms with Gasteiger partial charge in [-0.25, -0.2) is 4.99 Å². The van der Waals surface area contributed by atoms with E-state index in [-0.39, 0.29) is 12.2 Å². The van der Waals surface area contributed by atoms with Crippen LogP contribution in [-0.2, 0) is 4.74 Å². The number of rotatable bonds is 2. The van der Waals surface area contributed by atoms with Gasteiger partial charge in [-0.2, -0.15) is 0 Å². The average Bonchev–Trinajstić information content (AvgIpc) is 1.65. The SMILES string of the molecule is COC(C)N=C(N)N. The molecule has 0 heterocycles. The van der Waals surface area contributed by atoms with Gasteiger partial charge in [0.25, 0.3) is 0 Å². The molecule has 0 saturated heterocycles. The molecule has 0 bridgehead atoms. The van der Waals surface area contributed by atoms with Gasteiger partial charge in [0.05, 0.1) is 0 Å². The van der Waals surface area contributed by atoms with Crippen LogP contribution < -0.4 is 11.5 Å². The van der Waals surface area contributed by atoms with Crippen molar-refractivity contribution < 1.29 is 4.74 Å². The molecule has 8 heavy (non-hydrogen) atoms. The normalized spacial score (nSPS) is 12.8. The monoisotopic (exact) mass is 117 g/mol. The van der Waals surface area contributed by atoms with Crippen LogP contribution in [0.5, 0.6) is 0 Å². The summed E-state index contributed by atoms with van der Waals surface area (Å²) in [6, 6.07) is 0. The third-order valence-electron chi connectivity index (χ3n) is 0.672. The molecule has 0 aromatic heterocycles. The highest BCUT2D eigenvalue weighted by atomic mass is 16.5. The molecule has 0 saturated carbocycles. The number of nitrogens with zero attached hydrogens (tertiary/aromatic N) is 1. The second kappa shape index (κ2) is 3.26. The number of hydrogen-bond donors (Lipinski definition) is 2. The third kappa shape index (κ3) is 3.42. The van der Waals surface area contributed by atoms with Crippen LogP contribution in [0.15, 0.2) is 4.99 Å². The largest absolute Gasteiger partial charge is 0.370 e. The van der Waals surface area contributed by atoms with Gasteiger partial charge in [0, 0.05) is 7.11 Å². The fraction of sp³-hybridized carbons (Fsp3) is 0.750. The van der Waals surface area contributed by atoms with E-state index in [1.807, 2.05) is 0 Å². The molecule has 0 aromatic carbocycles. The molecule has 1 atom stereocenters. The Bertz CT molecular complexity index is 87.3. The van der Waals surface area contributed by atoms with Crippen LogP contribution in [0.2, 0.25) is 0 Å². The smallest absolute Gasteiger partial charge is 0.188 e. The minimum absolute atomic E-state index is 0.0550. The summed E-state index contributed by atoms with van der Waals surface area (Å²) in [7, 11) is 1.54. The van der Waals surface area contributed by atoms with Gasteiger partial charge >= 0.3 is 0 Å². The summed E-state index contributed by atoms with van der Waals surface area (Å²) in [6.07, 6.45) is -0.236. The molecule has 4 heteroatoms. The number of hydrogen-bond acceptors (Lipinski definition) is 2. The molecule has 1 unspecified atom stereocenters. The van der Waals surface area contributed by atoms with Crippen molar-refractivity contribution in [1.29, 1.82) is 0 Å². The zero-order chi connectivity index (χ0) is 6.57. The molecule has 0 fully saturated rings. The number of guanidine groups is 1. The van der Waals surface area contributed by atoms with Crippen molar-refractivity contribution in [2.24, 2.45) is 16.5 Å². The van der Waals surface area contributed by atoms with E-state index in [0.29, 0.717) is 0 Å². The predicted molar refractivity (Wildman–Crippen MR) is 32.3 cm³/mol. The van der Waals surface area contributed by atoms with E-state index in [9.17, 15) is 0 Å². The average molecular weight is 117 g/mol. The van der Waals surface area contributed by atoms with Gasteiger partial charge in [0.15, 0.2) is 5.96 Å². The third-order valence-corrected chi connectivity index (χ3v) is 0.672. The topological polar surface area (TPSA) is 73.6 Å². The zero-order valence-corrected chi connectivity index (χ0v) is 5.09. The van der Waals surface area contributed by atoms with Crippen LogP contribution in [0.1, 0.15) is 6.92 Å². The van der Waals surface area contributed by atoms with E-state index in [2.05, 4.69) is 4.99 Å². The number of methoxy groups -OCH3 is 1. The van der Waals surface area contributed by atoms with E-state index in [4.69, 9.17) is 16.2 Å². The first-order valence-corrected chi connectivity index (χ1v) is 2.28. The van der Waals surface area contributed by atoms with Crippen LogP contribution in [0.3, 0.4) is 0 Å². The molecule has 0 spiro atoms. The van der Waals surface area contributed by atoms with E-state index >= 15 is 0 Å². The highest BCUT2D eigenvalue weighted by Crippen LogP contribution is 1.85.